The molecule has 3 rings (SSSR count). The van der Waals surface area contributed by atoms with E-state index in [2.05, 4.69) is 11.3 Å². The second kappa shape index (κ2) is 9.68. The standard InChI is InChI=1S/C24H21F6NO/c1-2-3-4-14-5-7-15(8-6-14)16-9-21(27)23(22(28)10-16)24(29,30)32-17-11-19(25)18(13-31)20(26)12-17/h2,9-12,14-15H,1,3-8H2. The van der Waals surface area contributed by atoms with E-state index in [4.69, 9.17) is 5.26 Å². The number of nitriles is 1. The zero-order valence-electron chi connectivity index (χ0n) is 17.1. The summed E-state index contributed by atoms with van der Waals surface area (Å²) in [5.74, 6) is -6.53. The number of hydrogen-bond donors (Lipinski definition) is 0. The van der Waals surface area contributed by atoms with Crippen molar-refractivity contribution in [2.24, 2.45) is 5.92 Å². The third-order valence-electron chi connectivity index (χ3n) is 5.83. The van der Waals surface area contributed by atoms with Crippen LogP contribution in [0.2, 0.25) is 0 Å². The van der Waals surface area contributed by atoms with Gasteiger partial charge < -0.3 is 4.74 Å². The van der Waals surface area contributed by atoms with Crippen LogP contribution in [0, 0.1) is 40.5 Å². The van der Waals surface area contributed by atoms with Crippen LogP contribution in [0.3, 0.4) is 0 Å². The van der Waals surface area contributed by atoms with Gasteiger partial charge in [-0.3, -0.25) is 0 Å². The van der Waals surface area contributed by atoms with Crippen LogP contribution in [-0.4, -0.2) is 0 Å². The van der Waals surface area contributed by atoms with E-state index in [-0.39, 0.29) is 11.5 Å². The molecule has 0 amide bonds. The van der Waals surface area contributed by atoms with Crippen LogP contribution >= 0.6 is 0 Å². The summed E-state index contributed by atoms with van der Waals surface area (Å²) in [6.07, 6.45) is 2.33. The normalized spacial score (nSPS) is 18.8. The molecule has 32 heavy (non-hydrogen) atoms. The molecule has 2 nitrogen and oxygen atoms in total. The molecule has 2 aromatic carbocycles. The number of ether oxygens (including phenoxy) is 1. The Balaban J connectivity index is 1.80. The van der Waals surface area contributed by atoms with E-state index < -0.39 is 46.3 Å². The van der Waals surface area contributed by atoms with Gasteiger partial charge in [0.05, 0.1) is 0 Å². The van der Waals surface area contributed by atoms with E-state index in [0.717, 1.165) is 37.8 Å². The van der Waals surface area contributed by atoms with Gasteiger partial charge in [-0.2, -0.15) is 14.0 Å². The molecule has 0 heterocycles. The molecule has 170 valence electrons. The molecule has 0 aromatic heterocycles. The Morgan fingerprint density at radius 1 is 0.969 bits per heavy atom. The number of hydrogen-bond acceptors (Lipinski definition) is 2. The summed E-state index contributed by atoms with van der Waals surface area (Å²) in [6.45, 7) is 3.69. The van der Waals surface area contributed by atoms with Crippen molar-refractivity contribution in [2.45, 2.75) is 50.6 Å². The minimum absolute atomic E-state index is 0.149. The minimum atomic E-state index is -4.54. The summed E-state index contributed by atoms with van der Waals surface area (Å²) in [5.41, 5.74) is -2.34. The van der Waals surface area contributed by atoms with E-state index in [9.17, 15) is 26.3 Å². The van der Waals surface area contributed by atoms with Gasteiger partial charge in [-0.1, -0.05) is 6.08 Å². The van der Waals surface area contributed by atoms with Crippen molar-refractivity contribution in [3.63, 3.8) is 0 Å². The van der Waals surface area contributed by atoms with Gasteiger partial charge in [-0.15, -0.1) is 6.58 Å². The molecule has 0 spiro atoms. The third kappa shape index (κ3) is 5.09. The maximum absolute atomic E-state index is 14.6. The third-order valence-corrected chi connectivity index (χ3v) is 5.83. The molecular formula is C24H21F6NO. The highest BCUT2D eigenvalue weighted by molar-refractivity contribution is 5.39. The Kier molecular flexibility index (Phi) is 7.17. The fraction of sp³-hybridized carbons (Fsp3) is 0.375. The van der Waals surface area contributed by atoms with Crippen molar-refractivity contribution >= 4 is 0 Å². The lowest BCUT2D eigenvalue weighted by atomic mass is 9.77. The maximum Gasteiger partial charge on any atom is 0.432 e. The predicted molar refractivity (Wildman–Crippen MR) is 106 cm³/mol. The molecule has 0 unspecified atom stereocenters. The van der Waals surface area contributed by atoms with Crippen LogP contribution in [-0.2, 0) is 6.11 Å². The quantitative estimate of drug-likeness (QED) is 0.322. The van der Waals surface area contributed by atoms with Gasteiger partial charge in [0.2, 0.25) is 0 Å². The van der Waals surface area contributed by atoms with Crippen molar-refractivity contribution in [1.82, 2.24) is 0 Å². The number of nitrogens with zero attached hydrogens (tertiary/aromatic N) is 1. The number of halogens is 6. The second-order valence-corrected chi connectivity index (χ2v) is 7.94. The Morgan fingerprint density at radius 2 is 1.53 bits per heavy atom. The summed E-state index contributed by atoms with van der Waals surface area (Å²) < 4.78 is 89.8. The summed E-state index contributed by atoms with van der Waals surface area (Å²) >= 11 is 0. The molecule has 1 saturated carbocycles. The molecule has 0 bridgehead atoms. The van der Waals surface area contributed by atoms with Crippen molar-refractivity contribution in [2.75, 3.05) is 0 Å². The van der Waals surface area contributed by atoms with Crippen LogP contribution < -0.4 is 4.74 Å². The van der Waals surface area contributed by atoms with E-state index in [0.29, 0.717) is 30.9 Å². The fourth-order valence-corrected chi connectivity index (χ4v) is 4.16. The molecule has 8 heteroatoms. The molecular weight excluding hydrogens is 432 g/mol. The average Bonchev–Trinajstić information content (AvgIpc) is 2.71. The molecule has 0 radical (unpaired) electrons. The minimum Gasteiger partial charge on any atom is -0.429 e. The first kappa shape index (κ1) is 23.7. The average molecular weight is 453 g/mol. The van der Waals surface area contributed by atoms with Crippen molar-refractivity contribution in [3.05, 3.63) is 76.9 Å². The number of benzene rings is 2. The molecule has 1 aliphatic rings. The van der Waals surface area contributed by atoms with Gasteiger partial charge in [0, 0.05) is 12.1 Å². The van der Waals surface area contributed by atoms with Gasteiger partial charge in [0.1, 0.15) is 46.2 Å². The number of allylic oxidation sites excluding steroid dienone is 1. The van der Waals surface area contributed by atoms with E-state index >= 15 is 0 Å². The zero-order chi connectivity index (χ0) is 23.5. The summed E-state index contributed by atoms with van der Waals surface area (Å²) in [5, 5.41) is 8.64. The Bertz CT molecular complexity index is 991. The monoisotopic (exact) mass is 453 g/mol. The molecule has 0 N–H and O–H groups in total. The Hall–Kier alpha value is -2.95. The number of alkyl halides is 2. The van der Waals surface area contributed by atoms with Gasteiger partial charge in [0.25, 0.3) is 0 Å². The highest BCUT2D eigenvalue weighted by Gasteiger charge is 2.42. The summed E-state index contributed by atoms with van der Waals surface area (Å²) in [7, 11) is 0. The van der Waals surface area contributed by atoms with Gasteiger partial charge in [0.15, 0.2) is 0 Å². The topological polar surface area (TPSA) is 33.0 Å². The van der Waals surface area contributed by atoms with E-state index in [1.54, 1.807) is 0 Å². The fourth-order valence-electron chi connectivity index (χ4n) is 4.16. The SMILES string of the molecule is C=CCCC1CCC(c2cc(F)c(C(F)(F)Oc3cc(F)c(C#N)c(F)c3)c(F)c2)CC1. The highest BCUT2D eigenvalue weighted by Crippen LogP contribution is 2.41. The molecule has 1 aliphatic carbocycles. The first-order chi connectivity index (χ1) is 15.2. The van der Waals surface area contributed by atoms with Gasteiger partial charge in [-0.05, 0) is 68.1 Å². The highest BCUT2D eigenvalue weighted by atomic mass is 19.3. The van der Waals surface area contributed by atoms with Gasteiger partial charge in [-0.25, -0.2) is 17.6 Å². The number of rotatable bonds is 7. The lowest BCUT2D eigenvalue weighted by molar-refractivity contribution is -0.189. The summed E-state index contributed by atoms with van der Waals surface area (Å²) in [6, 6.07) is 3.67. The van der Waals surface area contributed by atoms with Gasteiger partial charge >= 0.3 is 6.11 Å². The van der Waals surface area contributed by atoms with E-state index in [1.807, 2.05) is 6.08 Å². The van der Waals surface area contributed by atoms with Crippen LogP contribution in [0.15, 0.2) is 36.9 Å². The lowest BCUT2D eigenvalue weighted by Gasteiger charge is -2.29. The lowest BCUT2D eigenvalue weighted by Crippen LogP contribution is -2.26. The van der Waals surface area contributed by atoms with Crippen molar-refractivity contribution < 1.29 is 31.1 Å². The maximum atomic E-state index is 14.6. The van der Waals surface area contributed by atoms with Crippen LogP contribution in [0.1, 0.15) is 61.1 Å². The van der Waals surface area contributed by atoms with Crippen LogP contribution in [0.5, 0.6) is 5.75 Å². The molecule has 0 atom stereocenters. The van der Waals surface area contributed by atoms with Crippen LogP contribution in [0.4, 0.5) is 26.3 Å². The first-order valence-corrected chi connectivity index (χ1v) is 10.2. The zero-order valence-corrected chi connectivity index (χ0v) is 17.1. The molecule has 2 aromatic rings. The second-order valence-electron chi connectivity index (χ2n) is 7.94. The predicted octanol–water partition coefficient (Wildman–Crippen LogP) is 7.48. The largest absolute Gasteiger partial charge is 0.432 e. The summed E-state index contributed by atoms with van der Waals surface area (Å²) in [4.78, 5) is 0. The van der Waals surface area contributed by atoms with Crippen molar-refractivity contribution in [1.29, 1.82) is 5.26 Å². The van der Waals surface area contributed by atoms with E-state index in [1.165, 1.54) is 6.07 Å². The first-order valence-electron chi connectivity index (χ1n) is 10.2. The van der Waals surface area contributed by atoms with Crippen LogP contribution in [0.25, 0.3) is 0 Å². The smallest absolute Gasteiger partial charge is 0.429 e. The van der Waals surface area contributed by atoms with Crippen molar-refractivity contribution in [3.8, 4) is 11.8 Å². The molecule has 0 saturated heterocycles. The molecule has 1 fully saturated rings. The Morgan fingerprint density at radius 3 is 2.03 bits per heavy atom. The molecule has 0 aliphatic heterocycles. The Labute approximate surface area is 182 Å².